The van der Waals surface area contributed by atoms with Crippen LogP contribution in [-0.2, 0) is 23.7 Å². The molecule has 0 saturated carbocycles. The van der Waals surface area contributed by atoms with Crippen LogP contribution in [0.5, 0.6) is 0 Å². The maximum atomic E-state index is 13.3. The van der Waals surface area contributed by atoms with E-state index in [0.717, 1.165) is 57.8 Å². The molecule has 9 N–H and O–H groups in total. The highest BCUT2D eigenvalue weighted by Gasteiger charge is 2.51. The zero-order chi connectivity index (χ0) is 61.6. The van der Waals surface area contributed by atoms with Gasteiger partial charge in [-0.1, -0.05) is 267 Å². The number of ether oxygens (including phenoxy) is 4. The number of unbranched alkanes of at least 4 members (excludes halogenated alkanes) is 33. The third-order valence-corrected chi connectivity index (χ3v) is 16.6. The Labute approximate surface area is 517 Å². The van der Waals surface area contributed by atoms with Crippen LogP contribution in [0.4, 0.5) is 0 Å². The molecule has 14 nitrogen and oxygen atoms in total. The van der Waals surface area contributed by atoms with Gasteiger partial charge in [-0.05, 0) is 77.0 Å². The Hall–Kier alpha value is -2.57. The van der Waals surface area contributed by atoms with Crippen LogP contribution in [0.3, 0.4) is 0 Å². The fraction of sp³-hybridized carbons (Fsp3) is 0.817. The lowest BCUT2D eigenvalue weighted by atomic mass is 9.97. The number of carbonyl (C=O) groups is 1. The Morgan fingerprint density at radius 2 is 0.800 bits per heavy atom. The van der Waals surface area contributed by atoms with E-state index in [1.165, 1.54) is 186 Å². The molecular formula is C71H127NO13. The fourth-order valence-corrected chi connectivity index (χ4v) is 11.0. The van der Waals surface area contributed by atoms with E-state index in [9.17, 15) is 45.6 Å². The summed E-state index contributed by atoms with van der Waals surface area (Å²) in [6, 6.07) is -0.938. The van der Waals surface area contributed by atoms with Crippen LogP contribution in [0.2, 0.25) is 0 Å². The first kappa shape index (κ1) is 78.5. The van der Waals surface area contributed by atoms with Gasteiger partial charge in [-0.2, -0.15) is 0 Å². The van der Waals surface area contributed by atoms with Crippen LogP contribution >= 0.6 is 0 Å². The average molecular weight is 1200 g/mol. The second kappa shape index (κ2) is 55.5. The molecule has 12 unspecified atom stereocenters. The first-order valence-corrected chi connectivity index (χ1v) is 34.7. The van der Waals surface area contributed by atoms with Gasteiger partial charge < -0.3 is 65.1 Å². The van der Waals surface area contributed by atoms with Crippen molar-refractivity contribution in [1.82, 2.24) is 5.32 Å². The number of aliphatic hydroxyl groups is 8. The van der Waals surface area contributed by atoms with Crippen LogP contribution in [0, 0.1) is 0 Å². The monoisotopic (exact) mass is 1200 g/mol. The van der Waals surface area contributed by atoms with E-state index in [1.54, 1.807) is 6.08 Å². The first-order valence-electron chi connectivity index (χ1n) is 34.7. The molecule has 2 heterocycles. The van der Waals surface area contributed by atoms with E-state index in [1.807, 2.05) is 6.08 Å². The lowest BCUT2D eigenvalue weighted by molar-refractivity contribution is -0.359. The normalized spacial score (nSPS) is 24.0. The molecule has 494 valence electrons. The molecule has 0 bridgehead atoms. The van der Waals surface area contributed by atoms with Crippen molar-refractivity contribution in [3.05, 3.63) is 72.9 Å². The van der Waals surface area contributed by atoms with Crippen molar-refractivity contribution in [2.24, 2.45) is 0 Å². The molecule has 0 aromatic rings. The lowest BCUT2D eigenvalue weighted by Gasteiger charge is -2.46. The minimum absolute atomic E-state index is 0.252. The van der Waals surface area contributed by atoms with Gasteiger partial charge in [0.05, 0.1) is 32.0 Å². The summed E-state index contributed by atoms with van der Waals surface area (Å²) >= 11 is 0. The van der Waals surface area contributed by atoms with Gasteiger partial charge in [-0.25, -0.2) is 0 Å². The Morgan fingerprint density at radius 3 is 1.27 bits per heavy atom. The largest absolute Gasteiger partial charge is 0.394 e. The molecule has 0 radical (unpaired) electrons. The molecular weight excluding hydrogens is 1070 g/mol. The summed E-state index contributed by atoms with van der Waals surface area (Å²) in [4.78, 5) is 13.3. The third-order valence-electron chi connectivity index (χ3n) is 16.6. The van der Waals surface area contributed by atoms with Gasteiger partial charge in [0.1, 0.15) is 48.8 Å². The number of aliphatic hydroxyl groups excluding tert-OH is 8. The minimum Gasteiger partial charge on any atom is -0.394 e. The molecule has 2 aliphatic rings. The molecule has 2 aliphatic heterocycles. The summed E-state index contributed by atoms with van der Waals surface area (Å²) in [6.07, 6.45) is 58.6. The number of rotatable bonds is 56. The second-order valence-corrected chi connectivity index (χ2v) is 24.3. The Balaban J connectivity index is 1.55. The number of allylic oxidation sites excluding steroid dienone is 11. The van der Waals surface area contributed by atoms with Crippen LogP contribution in [0.25, 0.3) is 0 Å². The minimum atomic E-state index is -1.79. The molecule has 0 aromatic carbocycles. The first-order chi connectivity index (χ1) is 41.6. The predicted octanol–water partition coefficient (Wildman–Crippen LogP) is 13.8. The zero-order valence-electron chi connectivity index (χ0n) is 53.6. The van der Waals surface area contributed by atoms with Crippen molar-refractivity contribution in [3.8, 4) is 0 Å². The molecule has 12 atom stereocenters. The Kier molecular flexibility index (Phi) is 51.3. The summed E-state index contributed by atoms with van der Waals surface area (Å²) in [6.45, 7) is 2.71. The Bertz CT molecular complexity index is 1700. The zero-order valence-corrected chi connectivity index (χ0v) is 53.6. The van der Waals surface area contributed by atoms with Gasteiger partial charge in [0.15, 0.2) is 12.6 Å². The van der Waals surface area contributed by atoms with E-state index >= 15 is 0 Å². The quantitative estimate of drug-likeness (QED) is 0.0204. The summed E-state index contributed by atoms with van der Waals surface area (Å²) in [5.41, 5.74) is 0. The van der Waals surface area contributed by atoms with E-state index in [4.69, 9.17) is 18.9 Å². The number of hydrogen-bond donors (Lipinski definition) is 9. The van der Waals surface area contributed by atoms with Crippen molar-refractivity contribution >= 4 is 5.91 Å². The topological polar surface area (TPSA) is 228 Å². The maximum absolute atomic E-state index is 13.3. The molecule has 14 heteroatoms. The van der Waals surface area contributed by atoms with Crippen LogP contribution in [-0.4, -0.2) is 140 Å². The number of carbonyl (C=O) groups excluding carboxylic acids is 1. The summed E-state index contributed by atoms with van der Waals surface area (Å²) in [5, 5.41) is 87.1. The molecule has 0 spiro atoms. The average Bonchev–Trinajstić information content (AvgIpc) is 3.66. The van der Waals surface area contributed by atoms with Crippen LogP contribution in [0.15, 0.2) is 72.9 Å². The molecule has 2 saturated heterocycles. The summed E-state index contributed by atoms with van der Waals surface area (Å²) < 4.78 is 22.8. The maximum Gasteiger partial charge on any atom is 0.220 e. The van der Waals surface area contributed by atoms with Gasteiger partial charge in [0.2, 0.25) is 5.91 Å². The van der Waals surface area contributed by atoms with Crippen LogP contribution in [0.1, 0.15) is 277 Å². The SMILES string of the molecule is CCCC/C=C/CC/C=C/CC/C=C/C(O)C(COC1OC(CO)C(OC2OC(CO)C(O)C(O)C2O)C(O)C1O)NC(=O)CCCCCCCCCCCCCCCCCCCCCCCCCC/C=C\C/C=C\C/C=C\CCCCCCC. The van der Waals surface area contributed by atoms with Crippen molar-refractivity contribution in [3.63, 3.8) is 0 Å². The van der Waals surface area contributed by atoms with Gasteiger partial charge in [0, 0.05) is 6.42 Å². The van der Waals surface area contributed by atoms with Crippen molar-refractivity contribution in [2.75, 3.05) is 19.8 Å². The van der Waals surface area contributed by atoms with Gasteiger partial charge in [-0.3, -0.25) is 4.79 Å². The third kappa shape index (κ3) is 39.9. The summed E-state index contributed by atoms with van der Waals surface area (Å²) in [7, 11) is 0. The lowest BCUT2D eigenvalue weighted by Crippen LogP contribution is -2.65. The Morgan fingerprint density at radius 1 is 0.424 bits per heavy atom. The van der Waals surface area contributed by atoms with Gasteiger partial charge in [0.25, 0.3) is 0 Å². The second-order valence-electron chi connectivity index (χ2n) is 24.3. The van der Waals surface area contributed by atoms with E-state index in [0.29, 0.717) is 12.8 Å². The standard InChI is InChI=1S/C71H127NO13/c1-3-5-7-9-11-13-15-17-18-19-20-21-22-23-24-25-26-27-28-29-30-31-32-33-34-35-36-37-38-39-40-41-42-43-45-47-49-51-53-55-63(76)72-59(60(75)54-52-50-48-46-44-16-14-12-10-8-6-4-2)58-82-70-68(81)66(79)69(62(57-74)84-70)85-71-67(80)65(78)64(77)61(56-73)83-71/h10,12,15,17,19-20,22-23,44,46,52,54,59-62,64-71,73-75,77-81H,3-9,11,13-14,16,18,21,24-43,45,47-51,53,55-58H2,1-2H3,(H,72,76)/b12-10+,17-15-,20-19-,23-22-,46-44+,54-52+. The molecule has 85 heavy (non-hydrogen) atoms. The summed E-state index contributed by atoms with van der Waals surface area (Å²) in [5.74, 6) is -0.252. The highest BCUT2D eigenvalue weighted by Crippen LogP contribution is 2.30. The van der Waals surface area contributed by atoms with E-state index < -0.39 is 86.8 Å². The molecule has 2 fully saturated rings. The molecule has 2 rings (SSSR count). The highest BCUT2D eigenvalue weighted by atomic mass is 16.7. The molecule has 0 aliphatic carbocycles. The van der Waals surface area contributed by atoms with Gasteiger partial charge in [-0.15, -0.1) is 0 Å². The van der Waals surface area contributed by atoms with Crippen LogP contribution < -0.4 is 5.32 Å². The molecule has 0 aromatic heterocycles. The van der Waals surface area contributed by atoms with Crippen molar-refractivity contribution in [1.29, 1.82) is 0 Å². The number of nitrogens with one attached hydrogen (secondary N) is 1. The smallest absolute Gasteiger partial charge is 0.220 e. The fourth-order valence-electron chi connectivity index (χ4n) is 11.0. The molecule has 1 amide bonds. The van der Waals surface area contributed by atoms with Crippen molar-refractivity contribution < 1.29 is 64.6 Å². The highest BCUT2D eigenvalue weighted by molar-refractivity contribution is 5.76. The number of amides is 1. The van der Waals surface area contributed by atoms with Gasteiger partial charge >= 0.3 is 0 Å². The number of hydrogen-bond acceptors (Lipinski definition) is 13. The van der Waals surface area contributed by atoms with E-state index in [2.05, 4.69) is 79.9 Å². The van der Waals surface area contributed by atoms with E-state index in [-0.39, 0.29) is 18.9 Å². The van der Waals surface area contributed by atoms with Crippen molar-refractivity contribution in [2.45, 2.75) is 351 Å². The predicted molar refractivity (Wildman–Crippen MR) is 346 cm³/mol.